The second-order valence-electron chi connectivity index (χ2n) is 9.40. The van der Waals surface area contributed by atoms with Gasteiger partial charge in [-0.15, -0.1) is 11.8 Å². The zero-order chi connectivity index (χ0) is 25.6. The number of halogens is 2. The van der Waals surface area contributed by atoms with Gasteiger partial charge >= 0.3 is 12.4 Å². The van der Waals surface area contributed by atoms with Gasteiger partial charge in [0.25, 0.3) is 5.91 Å². The molecule has 194 valence electrons. The Labute approximate surface area is 204 Å². The summed E-state index contributed by atoms with van der Waals surface area (Å²) in [5.41, 5.74) is -0.113. The highest BCUT2D eigenvalue weighted by Crippen LogP contribution is 2.51. The van der Waals surface area contributed by atoms with Crippen molar-refractivity contribution in [2.75, 3.05) is 19.6 Å². The zero-order valence-corrected chi connectivity index (χ0v) is 20.1. The van der Waals surface area contributed by atoms with Crippen molar-refractivity contribution in [3.05, 3.63) is 10.6 Å². The minimum absolute atomic E-state index is 0.0535. The van der Waals surface area contributed by atoms with Crippen LogP contribution in [0.15, 0.2) is 10.6 Å². The number of rotatable bonds is 8. The van der Waals surface area contributed by atoms with Gasteiger partial charge in [-0.1, -0.05) is 6.92 Å². The van der Waals surface area contributed by atoms with Gasteiger partial charge in [-0.3, -0.25) is 19.2 Å². The molecule has 14 heteroatoms. The topological polar surface area (TPSA) is 154 Å². The molecule has 35 heavy (non-hydrogen) atoms. The summed E-state index contributed by atoms with van der Waals surface area (Å²) >= 11 is 1.33. The zero-order valence-electron chi connectivity index (χ0n) is 19.3. The van der Waals surface area contributed by atoms with Gasteiger partial charge in [-0.05, 0) is 19.8 Å². The molecule has 5 N–H and O–H groups in total. The Morgan fingerprint density at radius 3 is 2.66 bits per heavy atom. The number of carboxylic acids is 1. The molecule has 0 bridgehead atoms. The molecule has 11 nitrogen and oxygen atoms in total. The van der Waals surface area contributed by atoms with Crippen molar-refractivity contribution in [2.24, 2.45) is 17.7 Å². The average Bonchev–Trinajstić information content (AvgIpc) is 3.52. The van der Waals surface area contributed by atoms with Crippen LogP contribution in [0.5, 0.6) is 0 Å². The van der Waals surface area contributed by atoms with E-state index in [-0.39, 0.29) is 28.9 Å². The Morgan fingerprint density at radius 1 is 1.34 bits per heavy atom. The standard InChI is InChI=1S/C21H29F2N5O6S/c1-8-14-13(9(2)26-18(29)17(22)23)20(31)28(14)15(21(32)33)16(8)35-11-5-12(25-6-11)19(30)27-4-3-10(7-27)34-24/h8-14,17,25H,3-7,24H2,1-2H3,(H,26,29)(H,32,33)/t8-,9-,10-,11+,12+,13-,14-/m1/s1. The van der Waals surface area contributed by atoms with Crippen molar-refractivity contribution >= 4 is 35.5 Å². The second-order valence-corrected chi connectivity index (χ2v) is 10.7. The molecule has 0 aliphatic carbocycles. The lowest BCUT2D eigenvalue weighted by Crippen LogP contribution is -2.66. The highest BCUT2D eigenvalue weighted by molar-refractivity contribution is 8.03. The Balaban J connectivity index is 1.43. The van der Waals surface area contributed by atoms with Gasteiger partial charge in [0, 0.05) is 41.7 Å². The molecule has 0 unspecified atom stereocenters. The lowest BCUT2D eigenvalue weighted by atomic mass is 9.78. The molecule has 0 radical (unpaired) electrons. The maximum Gasteiger partial charge on any atom is 0.353 e. The summed E-state index contributed by atoms with van der Waals surface area (Å²) in [5, 5.41) is 15.1. The summed E-state index contributed by atoms with van der Waals surface area (Å²) in [7, 11) is 0. The van der Waals surface area contributed by atoms with Crippen molar-refractivity contribution < 1.29 is 37.9 Å². The summed E-state index contributed by atoms with van der Waals surface area (Å²) in [6.07, 6.45) is -2.23. The number of alkyl halides is 2. The third-order valence-corrected chi connectivity index (χ3v) is 8.74. The first-order valence-corrected chi connectivity index (χ1v) is 12.4. The van der Waals surface area contributed by atoms with Crippen molar-refractivity contribution in [2.45, 2.75) is 62.6 Å². The van der Waals surface area contributed by atoms with Crippen molar-refractivity contribution in [3.8, 4) is 0 Å². The molecule has 4 aliphatic rings. The van der Waals surface area contributed by atoms with Gasteiger partial charge in [-0.2, -0.15) is 8.78 Å². The van der Waals surface area contributed by atoms with Crippen LogP contribution in [0.1, 0.15) is 26.7 Å². The Hall–Kier alpha value is -2.29. The van der Waals surface area contributed by atoms with Gasteiger partial charge < -0.3 is 25.5 Å². The van der Waals surface area contributed by atoms with E-state index < -0.39 is 48.3 Å². The van der Waals surface area contributed by atoms with Crippen molar-refractivity contribution in [1.82, 2.24) is 20.4 Å². The van der Waals surface area contributed by atoms with E-state index in [1.54, 1.807) is 11.8 Å². The van der Waals surface area contributed by atoms with E-state index in [9.17, 15) is 33.1 Å². The molecule has 3 fully saturated rings. The number of carbonyl (C=O) groups excluding carboxylic acids is 3. The van der Waals surface area contributed by atoms with E-state index in [0.29, 0.717) is 37.4 Å². The predicted molar refractivity (Wildman–Crippen MR) is 120 cm³/mol. The lowest BCUT2D eigenvalue weighted by molar-refractivity contribution is -0.159. The fraction of sp³-hybridized carbons (Fsp3) is 0.714. The number of hydrogen-bond acceptors (Lipinski definition) is 8. The highest BCUT2D eigenvalue weighted by Gasteiger charge is 2.60. The third kappa shape index (κ3) is 4.63. The number of nitrogens with one attached hydrogen (secondary N) is 2. The first-order chi connectivity index (χ1) is 16.5. The van der Waals surface area contributed by atoms with Gasteiger partial charge in [0.05, 0.1) is 24.1 Å². The summed E-state index contributed by atoms with van der Waals surface area (Å²) in [4.78, 5) is 57.4. The largest absolute Gasteiger partial charge is 0.477 e. The molecule has 0 spiro atoms. The van der Waals surface area contributed by atoms with Crippen LogP contribution in [0, 0.1) is 11.8 Å². The predicted octanol–water partition coefficient (Wildman–Crippen LogP) is -0.516. The van der Waals surface area contributed by atoms with E-state index in [4.69, 9.17) is 10.7 Å². The summed E-state index contributed by atoms with van der Waals surface area (Å²) in [6.45, 7) is 4.73. The Kier molecular flexibility index (Phi) is 7.36. The number of hydrogen-bond donors (Lipinski definition) is 4. The molecule has 4 aliphatic heterocycles. The monoisotopic (exact) mass is 517 g/mol. The SMILES string of the molecule is C[C@@H](NC(=O)C(F)F)[C@H]1C(=O)N2C(C(=O)O)=C(S[C@@H]3CN[C@H](C(=O)N4CC[C@@H](ON)C4)C3)[C@H](C)[C@H]12. The molecule has 0 saturated carbocycles. The van der Waals surface area contributed by atoms with Crippen LogP contribution in [0.4, 0.5) is 8.78 Å². The highest BCUT2D eigenvalue weighted by atomic mass is 32.2. The number of fused-ring (bicyclic) bond motifs is 1. The number of aliphatic carboxylic acids is 1. The number of amides is 3. The van der Waals surface area contributed by atoms with Crippen molar-refractivity contribution in [3.63, 3.8) is 0 Å². The van der Waals surface area contributed by atoms with E-state index in [2.05, 4.69) is 10.6 Å². The van der Waals surface area contributed by atoms with Gasteiger partial charge in [0.2, 0.25) is 11.8 Å². The fourth-order valence-corrected chi connectivity index (χ4v) is 6.97. The van der Waals surface area contributed by atoms with Crippen LogP contribution >= 0.6 is 11.8 Å². The molecule has 4 heterocycles. The normalized spacial score (nSPS) is 33.3. The Bertz CT molecular complexity index is 951. The molecule has 0 aromatic heterocycles. The number of β-lactam (4-membered cyclic amide) rings is 1. The minimum Gasteiger partial charge on any atom is -0.477 e. The first-order valence-electron chi connectivity index (χ1n) is 11.5. The van der Waals surface area contributed by atoms with Crippen LogP contribution in [0.2, 0.25) is 0 Å². The Morgan fingerprint density at radius 2 is 2.06 bits per heavy atom. The van der Waals surface area contributed by atoms with Crippen LogP contribution in [0.25, 0.3) is 0 Å². The van der Waals surface area contributed by atoms with E-state index in [1.807, 2.05) is 0 Å². The van der Waals surface area contributed by atoms with Gasteiger partial charge in [0.1, 0.15) is 5.70 Å². The molecular formula is C21H29F2N5O6S. The molecular weight excluding hydrogens is 488 g/mol. The minimum atomic E-state index is -3.21. The number of nitrogens with two attached hydrogens (primary N) is 1. The fourth-order valence-electron chi connectivity index (χ4n) is 5.49. The molecule has 4 rings (SSSR count). The molecule has 3 amide bonds. The number of carboxylic acid groups (broad SMARTS) is 1. The van der Waals surface area contributed by atoms with E-state index >= 15 is 0 Å². The number of thioether (sulfide) groups is 1. The number of nitrogens with zero attached hydrogens (tertiary/aromatic N) is 2. The van der Waals surface area contributed by atoms with Crippen molar-refractivity contribution in [1.29, 1.82) is 0 Å². The summed E-state index contributed by atoms with van der Waals surface area (Å²) < 4.78 is 25.3. The quantitative estimate of drug-likeness (QED) is 0.246. The third-order valence-electron chi connectivity index (χ3n) is 7.23. The maximum absolute atomic E-state index is 12.9. The summed E-state index contributed by atoms with van der Waals surface area (Å²) in [6, 6.07) is -1.83. The second kappa shape index (κ2) is 9.99. The van der Waals surface area contributed by atoms with Crippen LogP contribution < -0.4 is 16.5 Å². The number of likely N-dealkylation sites (tertiary alicyclic amines) is 1. The van der Waals surface area contributed by atoms with Crippen LogP contribution in [-0.4, -0.2) is 94.1 Å². The molecule has 7 atom stereocenters. The maximum atomic E-state index is 12.9. The molecule has 0 aromatic rings. The molecule has 3 saturated heterocycles. The number of carbonyl (C=O) groups is 4. The van der Waals surface area contributed by atoms with Crippen LogP contribution in [0.3, 0.4) is 0 Å². The first kappa shape index (κ1) is 25.8. The van der Waals surface area contributed by atoms with Gasteiger partial charge in [-0.25, -0.2) is 10.7 Å². The smallest absolute Gasteiger partial charge is 0.353 e. The van der Waals surface area contributed by atoms with Crippen LogP contribution in [-0.2, 0) is 24.0 Å². The summed E-state index contributed by atoms with van der Waals surface area (Å²) in [5.74, 6) is 0.774. The lowest BCUT2D eigenvalue weighted by Gasteiger charge is -2.47. The van der Waals surface area contributed by atoms with E-state index in [0.717, 1.165) is 0 Å². The average molecular weight is 518 g/mol. The van der Waals surface area contributed by atoms with Gasteiger partial charge in [0.15, 0.2) is 0 Å². The van der Waals surface area contributed by atoms with E-state index in [1.165, 1.54) is 23.6 Å². The molecule has 0 aromatic carbocycles.